The highest BCUT2D eigenvalue weighted by molar-refractivity contribution is 9.10. The van der Waals surface area contributed by atoms with E-state index in [0.717, 1.165) is 36.5 Å². The molecular formula is C16H19BrN6O2. The van der Waals surface area contributed by atoms with Gasteiger partial charge in [0, 0.05) is 49.1 Å². The minimum absolute atomic E-state index is 0.163. The van der Waals surface area contributed by atoms with Crippen molar-refractivity contribution in [1.29, 1.82) is 0 Å². The van der Waals surface area contributed by atoms with Gasteiger partial charge in [-0.1, -0.05) is 0 Å². The maximum atomic E-state index is 12.0. The van der Waals surface area contributed by atoms with Gasteiger partial charge in [0.25, 0.3) is 5.91 Å². The second-order valence-corrected chi connectivity index (χ2v) is 6.39. The zero-order valence-corrected chi connectivity index (χ0v) is 15.2. The molecule has 0 unspecified atom stereocenters. The van der Waals surface area contributed by atoms with Gasteiger partial charge in [-0.25, -0.2) is 0 Å². The Bertz CT molecular complexity index is 723. The quantitative estimate of drug-likeness (QED) is 0.698. The monoisotopic (exact) mass is 406 g/mol. The van der Waals surface area contributed by atoms with E-state index in [1.807, 2.05) is 6.07 Å². The van der Waals surface area contributed by atoms with Crippen molar-refractivity contribution < 1.29 is 9.53 Å². The fourth-order valence-electron chi connectivity index (χ4n) is 2.44. The predicted molar refractivity (Wildman–Crippen MR) is 97.8 cm³/mol. The smallest absolute Gasteiger partial charge is 0.252 e. The van der Waals surface area contributed by atoms with Gasteiger partial charge in [-0.15, -0.1) is 5.10 Å². The molecular weight excluding hydrogens is 388 g/mol. The van der Waals surface area contributed by atoms with Crippen LogP contribution >= 0.6 is 15.9 Å². The first-order valence-corrected chi connectivity index (χ1v) is 8.80. The zero-order valence-electron chi connectivity index (χ0n) is 13.6. The van der Waals surface area contributed by atoms with Gasteiger partial charge in [-0.3, -0.25) is 9.78 Å². The third-order valence-electron chi connectivity index (χ3n) is 3.70. The number of nitrogens with zero attached hydrogens (tertiary/aromatic N) is 4. The first-order valence-electron chi connectivity index (χ1n) is 8.00. The van der Waals surface area contributed by atoms with Crippen molar-refractivity contribution in [3.05, 3.63) is 40.8 Å². The zero-order chi connectivity index (χ0) is 17.5. The third-order valence-corrected chi connectivity index (χ3v) is 4.13. The summed E-state index contributed by atoms with van der Waals surface area (Å²) < 4.78 is 6.13. The number of ether oxygens (including phenoxy) is 1. The molecule has 8 nitrogen and oxygen atoms in total. The van der Waals surface area contributed by atoms with E-state index in [1.165, 1.54) is 6.20 Å². The summed E-state index contributed by atoms with van der Waals surface area (Å²) in [6, 6.07) is 3.69. The van der Waals surface area contributed by atoms with E-state index < -0.39 is 0 Å². The molecule has 0 aliphatic carbocycles. The Hall–Kier alpha value is -2.26. The number of amides is 1. The third kappa shape index (κ3) is 5.10. The van der Waals surface area contributed by atoms with E-state index in [2.05, 4.69) is 46.6 Å². The van der Waals surface area contributed by atoms with Crippen molar-refractivity contribution in [1.82, 2.24) is 20.5 Å². The Balaban J connectivity index is 1.46. The maximum Gasteiger partial charge on any atom is 0.252 e. The van der Waals surface area contributed by atoms with E-state index in [4.69, 9.17) is 4.74 Å². The van der Waals surface area contributed by atoms with Crippen LogP contribution in [-0.2, 0) is 4.74 Å². The average Bonchev–Trinajstić information content (AvgIpc) is 2.66. The molecule has 0 aromatic carbocycles. The molecule has 2 N–H and O–H groups in total. The lowest BCUT2D eigenvalue weighted by Gasteiger charge is -2.28. The van der Waals surface area contributed by atoms with E-state index in [-0.39, 0.29) is 5.91 Å². The van der Waals surface area contributed by atoms with Gasteiger partial charge >= 0.3 is 0 Å². The number of pyridine rings is 1. The summed E-state index contributed by atoms with van der Waals surface area (Å²) in [5, 5.41) is 14.1. The van der Waals surface area contributed by atoms with Gasteiger partial charge in [-0.2, -0.15) is 5.10 Å². The molecule has 1 saturated heterocycles. The minimum atomic E-state index is -0.163. The SMILES string of the molecule is O=C(NCCNc1cc(N2CCOCC2)cnn1)c1cncc(Br)c1. The second-order valence-electron chi connectivity index (χ2n) is 5.47. The van der Waals surface area contributed by atoms with E-state index in [1.54, 1.807) is 18.5 Å². The van der Waals surface area contributed by atoms with E-state index in [9.17, 15) is 4.79 Å². The van der Waals surface area contributed by atoms with Gasteiger partial charge in [0.1, 0.15) is 0 Å². The van der Waals surface area contributed by atoms with Gasteiger partial charge < -0.3 is 20.3 Å². The van der Waals surface area contributed by atoms with Crippen molar-refractivity contribution in [2.45, 2.75) is 0 Å². The number of morpholine rings is 1. The van der Waals surface area contributed by atoms with Crippen LogP contribution in [0.5, 0.6) is 0 Å². The molecule has 0 spiro atoms. The van der Waals surface area contributed by atoms with Crippen molar-refractivity contribution >= 4 is 33.3 Å². The first-order chi connectivity index (χ1) is 12.2. The molecule has 0 radical (unpaired) electrons. The average molecular weight is 407 g/mol. The van der Waals surface area contributed by atoms with E-state index in [0.29, 0.717) is 24.5 Å². The number of rotatable bonds is 6. The van der Waals surface area contributed by atoms with Crippen LogP contribution in [0.15, 0.2) is 35.2 Å². The molecule has 3 rings (SSSR count). The molecule has 1 amide bonds. The number of halogens is 1. The second kappa shape index (κ2) is 8.72. The Kier molecular flexibility index (Phi) is 6.13. The number of aromatic nitrogens is 3. The van der Waals surface area contributed by atoms with Gasteiger partial charge in [-0.05, 0) is 22.0 Å². The lowest BCUT2D eigenvalue weighted by atomic mass is 10.3. The molecule has 2 aromatic rings. The molecule has 9 heteroatoms. The van der Waals surface area contributed by atoms with Crippen molar-refractivity contribution in [3.8, 4) is 0 Å². The number of carbonyl (C=O) groups excluding carboxylic acids is 1. The Morgan fingerprint density at radius 3 is 2.84 bits per heavy atom. The fraction of sp³-hybridized carbons (Fsp3) is 0.375. The molecule has 1 aliphatic heterocycles. The normalized spacial score (nSPS) is 14.2. The molecule has 2 aromatic heterocycles. The maximum absolute atomic E-state index is 12.0. The summed E-state index contributed by atoms with van der Waals surface area (Å²) in [5.74, 6) is 0.520. The number of hydrogen-bond acceptors (Lipinski definition) is 7. The molecule has 0 atom stereocenters. The predicted octanol–water partition coefficient (Wildman–Crippen LogP) is 1.31. The summed E-state index contributed by atoms with van der Waals surface area (Å²) in [5.41, 5.74) is 1.54. The van der Waals surface area contributed by atoms with Crippen molar-refractivity contribution in [2.24, 2.45) is 0 Å². The first kappa shape index (κ1) is 17.6. The molecule has 0 saturated carbocycles. The van der Waals surface area contributed by atoms with Crippen LogP contribution in [0.4, 0.5) is 11.5 Å². The Labute approximate surface area is 154 Å². The van der Waals surface area contributed by atoms with Crippen LogP contribution in [0, 0.1) is 0 Å². The highest BCUT2D eigenvalue weighted by Crippen LogP contribution is 2.16. The molecule has 132 valence electrons. The fourth-order valence-corrected chi connectivity index (χ4v) is 2.81. The topological polar surface area (TPSA) is 92.3 Å². The van der Waals surface area contributed by atoms with Gasteiger partial charge in [0.2, 0.25) is 0 Å². The largest absolute Gasteiger partial charge is 0.378 e. The Morgan fingerprint density at radius 1 is 1.20 bits per heavy atom. The summed E-state index contributed by atoms with van der Waals surface area (Å²) in [6.07, 6.45) is 4.92. The molecule has 3 heterocycles. The lowest BCUT2D eigenvalue weighted by molar-refractivity contribution is 0.0954. The summed E-state index contributed by atoms with van der Waals surface area (Å²) in [7, 11) is 0. The molecule has 1 fully saturated rings. The van der Waals surface area contributed by atoms with Crippen LogP contribution in [0.2, 0.25) is 0 Å². The highest BCUT2D eigenvalue weighted by Gasteiger charge is 2.12. The standard InChI is InChI=1S/C16H19BrN6O2/c17-13-7-12(9-18-10-13)16(24)20-2-1-19-15-8-14(11-21-22-15)23-3-5-25-6-4-23/h7-11H,1-6H2,(H,19,22)(H,20,24). The number of hydrogen-bond donors (Lipinski definition) is 2. The number of anilines is 2. The van der Waals surface area contributed by atoms with Crippen LogP contribution in [-0.4, -0.2) is 60.5 Å². The highest BCUT2D eigenvalue weighted by atomic mass is 79.9. The molecule has 1 aliphatic rings. The van der Waals surface area contributed by atoms with Crippen LogP contribution < -0.4 is 15.5 Å². The number of carbonyl (C=O) groups is 1. The van der Waals surface area contributed by atoms with Gasteiger partial charge in [0.15, 0.2) is 5.82 Å². The van der Waals surface area contributed by atoms with Crippen molar-refractivity contribution in [3.63, 3.8) is 0 Å². The minimum Gasteiger partial charge on any atom is -0.378 e. The van der Waals surface area contributed by atoms with Gasteiger partial charge in [0.05, 0.1) is 30.7 Å². The Morgan fingerprint density at radius 2 is 2.04 bits per heavy atom. The van der Waals surface area contributed by atoms with Crippen molar-refractivity contribution in [2.75, 3.05) is 49.6 Å². The molecule has 0 bridgehead atoms. The summed E-state index contributed by atoms with van der Waals surface area (Å²) in [6.45, 7) is 4.16. The summed E-state index contributed by atoms with van der Waals surface area (Å²) in [4.78, 5) is 18.2. The summed E-state index contributed by atoms with van der Waals surface area (Å²) >= 11 is 3.30. The van der Waals surface area contributed by atoms with Crippen LogP contribution in [0.25, 0.3) is 0 Å². The van der Waals surface area contributed by atoms with E-state index >= 15 is 0 Å². The number of nitrogens with one attached hydrogen (secondary N) is 2. The van der Waals surface area contributed by atoms with Crippen LogP contribution in [0.3, 0.4) is 0 Å². The van der Waals surface area contributed by atoms with Crippen LogP contribution in [0.1, 0.15) is 10.4 Å². The lowest BCUT2D eigenvalue weighted by Crippen LogP contribution is -2.36. The molecule has 25 heavy (non-hydrogen) atoms.